The third kappa shape index (κ3) is 3.76. The molecular weight excluding hydrogens is 368 g/mol. The van der Waals surface area contributed by atoms with Gasteiger partial charge in [-0.1, -0.05) is 17.7 Å². The first-order valence-corrected chi connectivity index (χ1v) is 9.36. The molecule has 7 nitrogen and oxygen atoms in total. The van der Waals surface area contributed by atoms with Crippen molar-refractivity contribution in [2.45, 2.75) is 25.6 Å². The Morgan fingerprint density at radius 3 is 2.70 bits per heavy atom. The van der Waals surface area contributed by atoms with E-state index < -0.39 is 5.79 Å². The number of ether oxygens (including phenoxy) is 2. The Morgan fingerprint density at radius 1 is 1.22 bits per heavy atom. The lowest BCUT2D eigenvalue weighted by atomic mass is 10.0. The summed E-state index contributed by atoms with van der Waals surface area (Å²) in [6.07, 6.45) is 3.12. The smallest absolute Gasteiger partial charge is 0.274 e. The van der Waals surface area contributed by atoms with Crippen LogP contribution in [0.15, 0.2) is 30.5 Å². The van der Waals surface area contributed by atoms with E-state index in [0.29, 0.717) is 35.6 Å². The molecular formula is C19H21ClN4O3. The molecule has 0 unspecified atom stereocenters. The molecule has 4 rings (SSSR count). The average molecular weight is 389 g/mol. The number of benzene rings is 1. The predicted molar refractivity (Wildman–Crippen MR) is 102 cm³/mol. The number of carbonyl (C=O) groups is 1. The van der Waals surface area contributed by atoms with Crippen LogP contribution in [-0.4, -0.2) is 48.0 Å². The Kier molecular flexibility index (Phi) is 4.99. The van der Waals surface area contributed by atoms with E-state index in [2.05, 4.69) is 20.2 Å². The number of anilines is 2. The minimum atomic E-state index is -0.449. The highest BCUT2D eigenvalue weighted by atomic mass is 35.5. The first-order valence-electron chi connectivity index (χ1n) is 8.99. The van der Waals surface area contributed by atoms with Crippen LogP contribution in [-0.2, 0) is 9.47 Å². The molecule has 1 N–H and O–H groups in total. The van der Waals surface area contributed by atoms with E-state index in [4.69, 9.17) is 21.1 Å². The van der Waals surface area contributed by atoms with Crippen LogP contribution in [0.4, 0.5) is 11.6 Å². The summed E-state index contributed by atoms with van der Waals surface area (Å²) in [5.41, 5.74) is 1.80. The monoisotopic (exact) mass is 388 g/mol. The van der Waals surface area contributed by atoms with Gasteiger partial charge in [0, 0.05) is 42.8 Å². The number of nitrogens with zero attached hydrogens (tertiary/aromatic N) is 3. The number of amides is 1. The lowest BCUT2D eigenvalue weighted by molar-refractivity contribution is -0.169. The summed E-state index contributed by atoms with van der Waals surface area (Å²) < 4.78 is 11.5. The summed E-state index contributed by atoms with van der Waals surface area (Å²) in [7, 11) is 0. The van der Waals surface area contributed by atoms with Crippen LogP contribution in [0.25, 0.3) is 0 Å². The van der Waals surface area contributed by atoms with E-state index in [0.717, 1.165) is 31.5 Å². The van der Waals surface area contributed by atoms with Crippen molar-refractivity contribution < 1.29 is 14.3 Å². The van der Waals surface area contributed by atoms with E-state index in [-0.39, 0.29) is 5.91 Å². The van der Waals surface area contributed by atoms with Gasteiger partial charge >= 0.3 is 0 Å². The molecule has 142 valence electrons. The SMILES string of the molecule is Cc1c(Cl)cccc1NC(=O)c1ccnc(N2CCC3(CC2)OCCO3)n1. The van der Waals surface area contributed by atoms with Crippen LogP contribution < -0.4 is 10.2 Å². The molecule has 1 amide bonds. The molecule has 1 aromatic heterocycles. The molecule has 2 fully saturated rings. The zero-order valence-electron chi connectivity index (χ0n) is 15.1. The third-order valence-electron chi connectivity index (χ3n) is 5.01. The first kappa shape index (κ1) is 18.2. The van der Waals surface area contributed by atoms with Crippen LogP contribution in [0.2, 0.25) is 5.02 Å². The second-order valence-corrected chi connectivity index (χ2v) is 7.11. The van der Waals surface area contributed by atoms with Gasteiger partial charge in [0.1, 0.15) is 5.69 Å². The fourth-order valence-electron chi connectivity index (χ4n) is 3.39. The van der Waals surface area contributed by atoms with Crippen LogP contribution in [0.5, 0.6) is 0 Å². The van der Waals surface area contributed by atoms with Crippen molar-refractivity contribution >= 4 is 29.1 Å². The molecule has 3 heterocycles. The summed E-state index contributed by atoms with van der Waals surface area (Å²) >= 11 is 6.12. The first-order chi connectivity index (χ1) is 13.1. The Bertz CT molecular complexity index is 845. The van der Waals surface area contributed by atoms with Crippen LogP contribution in [0.1, 0.15) is 28.9 Å². The van der Waals surface area contributed by atoms with Gasteiger partial charge in [0.15, 0.2) is 5.79 Å². The number of hydrogen-bond acceptors (Lipinski definition) is 6. The number of hydrogen-bond donors (Lipinski definition) is 1. The molecule has 2 saturated heterocycles. The number of aromatic nitrogens is 2. The largest absolute Gasteiger partial charge is 0.347 e. The average Bonchev–Trinajstić information content (AvgIpc) is 3.14. The van der Waals surface area contributed by atoms with E-state index in [1.54, 1.807) is 24.4 Å². The zero-order valence-corrected chi connectivity index (χ0v) is 15.8. The van der Waals surface area contributed by atoms with Gasteiger partial charge in [-0.3, -0.25) is 4.79 Å². The molecule has 2 aliphatic heterocycles. The highest BCUT2D eigenvalue weighted by Gasteiger charge is 2.40. The molecule has 0 aliphatic carbocycles. The second kappa shape index (κ2) is 7.42. The number of piperidine rings is 1. The molecule has 1 spiro atoms. The number of halogens is 1. The van der Waals surface area contributed by atoms with E-state index >= 15 is 0 Å². The van der Waals surface area contributed by atoms with Crippen LogP contribution in [0, 0.1) is 6.92 Å². The standard InChI is InChI=1S/C19H21ClN4O3/c1-13-14(20)3-2-4-15(13)22-17(25)16-5-8-21-18(23-16)24-9-6-19(7-10-24)26-11-12-27-19/h2-5,8H,6-7,9-12H2,1H3,(H,22,25). The van der Waals surface area contributed by atoms with Crippen molar-refractivity contribution in [1.29, 1.82) is 0 Å². The van der Waals surface area contributed by atoms with Gasteiger partial charge in [-0.2, -0.15) is 0 Å². The second-order valence-electron chi connectivity index (χ2n) is 6.70. The number of nitrogens with one attached hydrogen (secondary N) is 1. The molecule has 2 aliphatic rings. The maximum Gasteiger partial charge on any atom is 0.274 e. The van der Waals surface area contributed by atoms with Crippen molar-refractivity contribution in [2.24, 2.45) is 0 Å². The minimum Gasteiger partial charge on any atom is -0.347 e. The molecule has 8 heteroatoms. The van der Waals surface area contributed by atoms with Gasteiger partial charge in [-0.25, -0.2) is 9.97 Å². The Morgan fingerprint density at radius 2 is 1.96 bits per heavy atom. The molecule has 0 saturated carbocycles. The van der Waals surface area contributed by atoms with Gasteiger partial charge < -0.3 is 19.7 Å². The Hall–Kier alpha value is -2.22. The van der Waals surface area contributed by atoms with Crippen molar-refractivity contribution in [3.8, 4) is 0 Å². The highest BCUT2D eigenvalue weighted by Crippen LogP contribution is 2.32. The summed E-state index contributed by atoms with van der Waals surface area (Å²) in [6.45, 7) is 4.60. The Balaban J connectivity index is 1.46. The normalized spacial score (nSPS) is 18.7. The maximum absolute atomic E-state index is 12.6. The van der Waals surface area contributed by atoms with Gasteiger partial charge in [0.25, 0.3) is 5.91 Å². The maximum atomic E-state index is 12.6. The van der Waals surface area contributed by atoms with Gasteiger partial charge in [0.2, 0.25) is 5.95 Å². The Labute approximate surface area is 162 Å². The van der Waals surface area contributed by atoms with E-state index in [1.165, 1.54) is 0 Å². The van der Waals surface area contributed by atoms with Crippen LogP contribution in [0.3, 0.4) is 0 Å². The van der Waals surface area contributed by atoms with Crippen molar-refractivity contribution in [3.05, 3.63) is 46.7 Å². The molecule has 0 atom stereocenters. The zero-order chi connectivity index (χ0) is 18.9. The van der Waals surface area contributed by atoms with Crippen molar-refractivity contribution in [1.82, 2.24) is 9.97 Å². The van der Waals surface area contributed by atoms with Gasteiger partial charge in [-0.15, -0.1) is 0 Å². The van der Waals surface area contributed by atoms with Gasteiger partial charge in [0.05, 0.1) is 13.2 Å². The molecule has 1 aromatic carbocycles. The summed E-state index contributed by atoms with van der Waals surface area (Å²) in [6, 6.07) is 7.00. The quantitative estimate of drug-likeness (QED) is 0.870. The van der Waals surface area contributed by atoms with Crippen molar-refractivity contribution in [2.75, 3.05) is 36.5 Å². The fraction of sp³-hybridized carbons (Fsp3) is 0.421. The summed E-state index contributed by atoms with van der Waals surface area (Å²) in [4.78, 5) is 23.4. The molecule has 2 aromatic rings. The van der Waals surface area contributed by atoms with Crippen LogP contribution >= 0.6 is 11.6 Å². The van der Waals surface area contributed by atoms with E-state index in [1.807, 2.05) is 13.0 Å². The third-order valence-corrected chi connectivity index (χ3v) is 5.42. The molecule has 0 bridgehead atoms. The highest BCUT2D eigenvalue weighted by molar-refractivity contribution is 6.31. The molecule has 27 heavy (non-hydrogen) atoms. The van der Waals surface area contributed by atoms with E-state index in [9.17, 15) is 4.79 Å². The summed E-state index contributed by atoms with van der Waals surface area (Å²) in [5.74, 6) is -0.200. The fourth-order valence-corrected chi connectivity index (χ4v) is 3.56. The lowest BCUT2D eigenvalue weighted by Gasteiger charge is -2.37. The molecule has 0 radical (unpaired) electrons. The van der Waals surface area contributed by atoms with Crippen molar-refractivity contribution in [3.63, 3.8) is 0 Å². The van der Waals surface area contributed by atoms with Gasteiger partial charge in [-0.05, 0) is 30.7 Å². The number of carbonyl (C=O) groups excluding carboxylic acids is 1. The number of rotatable bonds is 3. The lowest BCUT2D eigenvalue weighted by Crippen LogP contribution is -2.45. The minimum absolute atomic E-state index is 0.292. The topological polar surface area (TPSA) is 76.6 Å². The predicted octanol–water partition coefficient (Wildman–Crippen LogP) is 3.03. The summed E-state index contributed by atoms with van der Waals surface area (Å²) in [5, 5.41) is 3.47.